The fraction of sp³-hybridized carbons (Fsp3) is 0.333. The van der Waals surface area contributed by atoms with Gasteiger partial charge in [0, 0.05) is 48.0 Å². The smallest absolute Gasteiger partial charge is 0.146 e. The lowest BCUT2D eigenvalue weighted by Crippen LogP contribution is -2.16. The summed E-state index contributed by atoms with van der Waals surface area (Å²) in [6.07, 6.45) is 15.5. The van der Waals surface area contributed by atoms with Crippen LogP contribution in [0.15, 0.2) is 73.8 Å². The van der Waals surface area contributed by atoms with Crippen molar-refractivity contribution in [2.45, 2.75) is 70.2 Å². The number of hydrogen-bond donors (Lipinski definition) is 3. The second kappa shape index (κ2) is 12.9. The highest BCUT2D eigenvalue weighted by Gasteiger charge is 2.28. The Kier molecular flexibility index (Phi) is 8.75. The standard InChI is InChI=1S/C16H15ClN4O.C16H17N5O.CH4/c2*17-15-13-11(14(22)12-6-1-2-7-18-12)8-21(10-4-3-5-10)16(13)20-9-19-15;/h1-2,6-10,14,22H,3-5H2;1-2,6-10,14,22H,3-5H2,(H2,17,19,20);1H4. The molecule has 11 nitrogen and oxygen atoms in total. The van der Waals surface area contributed by atoms with Crippen molar-refractivity contribution in [1.82, 2.24) is 39.0 Å². The van der Waals surface area contributed by atoms with Gasteiger partial charge in [0.15, 0.2) is 0 Å². The maximum Gasteiger partial charge on any atom is 0.146 e. The van der Waals surface area contributed by atoms with Gasteiger partial charge in [0.1, 0.15) is 47.1 Å². The van der Waals surface area contributed by atoms with Crippen LogP contribution in [0.25, 0.3) is 22.1 Å². The molecule has 2 aliphatic rings. The molecule has 232 valence electrons. The van der Waals surface area contributed by atoms with Crippen molar-refractivity contribution in [1.29, 1.82) is 0 Å². The molecule has 12 heteroatoms. The number of rotatable bonds is 6. The van der Waals surface area contributed by atoms with Gasteiger partial charge in [0.25, 0.3) is 0 Å². The number of nitrogens with two attached hydrogens (primary N) is 1. The lowest BCUT2D eigenvalue weighted by molar-refractivity contribution is 0.215. The van der Waals surface area contributed by atoms with Gasteiger partial charge in [-0.3, -0.25) is 9.97 Å². The van der Waals surface area contributed by atoms with Gasteiger partial charge in [-0.25, -0.2) is 19.9 Å². The zero-order valence-corrected chi connectivity index (χ0v) is 24.7. The van der Waals surface area contributed by atoms with E-state index < -0.39 is 12.2 Å². The molecular formula is C33H36ClN9O2. The van der Waals surface area contributed by atoms with Gasteiger partial charge in [-0.2, -0.15) is 0 Å². The van der Waals surface area contributed by atoms with E-state index in [-0.39, 0.29) is 7.43 Å². The van der Waals surface area contributed by atoms with E-state index in [1.54, 1.807) is 24.5 Å². The van der Waals surface area contributed by atoms with Crippen LogP contribution in [0.5, 0.6) is 0 Å². The number of pyridine rings is 2. The Hall–Kier alpha value is -4.45. The molecule has 2 saturated carbocycles. The Balaban J connectivity index is 0.000000155. The van der Waals surface area contributed by atoms with Crippen molar-refractivity contribution in [2.24, 2.45) is 0 Å². The number of nitrogens with zero attached hydrogens (tertiary/aromatic N) is 8. The molecule has 0 aromatic carbocycles. The van der Waals surface area contributed by atoms with Crippen molar-refractivity contribution >= 4 is 39.5 Å². The van der Waals surface area contributed by atoms with Gasteiger partial charge < -0.3 is 25.1 Å². The van der Waals surface area contributed by atoms with Crippen LogP contribution in [-0.4, -0.2) is 49.3 Å². The van der Waals surface area contributed by atoms with E-state index in [1.165, 1.54) is 25.5 Å². The molecule has 45 heavy (non-hydrogen) atoms. The van der Waals surface area contributed by atoms with Crippen molar-refractivity contribution in [3.05, 3.63) is 102 Å². The number of halogens is 1. The average Bonchev–Trinajstić information content (AvgIpc) is 3.57. The van der Waals surface area contributed by atoms with Gasteiger partial charge in [-0.15, -0.1) is 0 Å². The molecule has 2 unspecified atom stereocenters. The molecule has 0 aliphatic heterocycles. The van der Waals surface area contributed by atoms with Crippen LogP contribution in [0.1, 0.15) is 92.8 Å². The topological polar surface area (TPSA) is 154 Å². The third kappa shape index (κ3) is 5.63. The number of aliphatic hydroxyl groups excluding tert-OH is 2. The Morgan fingerprint density at radius 3 is 1.64 bits per heavy atom. The Labute approximate surface area is 265 Å². The quantitative estimate of drug-likeness (QED) is 0.185. The molecule has 0 radical (unpaired) electrons. The summed E-state index contributed by atoms with van der Waals surface area (Å²) in [6.45, 7) is 0. The summed E-state index contributed by atoms with van der Waals surface area (Å²) in [5, 5.41) is 23.2. The van der Waals surface area contributed by atoms with E-state index in [4.69, 9.17) is 17.3 Å². The first-order valence-corrected chi connectivity index (χ1v) is 15.2. The number of hydrogen-bond acceptors (Lipinski definition) is 9. The summed E-state index contributed by atoms with van der Waals surface area (Å²) >= 11 is 6.28. The molecule has 2 fully saturated rings. The zero-order chi connectivity index (χ0) is 30.2. The molecule has 0 saturated heterocycles. The third-order valence-corrected chi connectivity index (χ3v) is 9.01. The molecule has 2 aliphatic carbocycles. The molecule has 6 aromatic heterocycles. The first-order chi connectivity index (χ1) is 21.5. The minimum Gasteiger partial charge on any atom is -0.383 e. The van der Waals surface area contributed by atoms with Crippen LogP contribution in [-0.2, 0) is 0 Å². The number of fused-ring (bicyclic) bond motifs is 2. The predicted octanol–water partition coefficient (Wildman–Crippen LogP) is 6.14. The number of aliphatic hydroxyl groups is 2. The predicted molar refractivity (Wildman–Crippen MR) is 174 cm³/mol. The molecule has 6 heterocycles. The molecule has 6 aromatic rings. The molecule has 8 rings (SSSR count). The molecular weight excluding hydrogens is 590 g/mol. The fourth-order valence-electron chi connectivity index (χ4n) is 5.91. The van der Waals surface area contributed by atoms with Crippen LogP contribution in [0.2, 0.25) is 5.15 Å². The molecule has 0 amide bonds. The van der Waals surface area contributed by atoms with Crippen LogP contribution in [0, 0.1) is 0 Å². The summed E-state index contributed by atoms with van der Waals surface area (Å²) in [4.78, 5) is 25.4. The lowest BCUT2D eigenvalue weighted by Gasteiger charge is -2.27. The van der Waals surface area contributed by atoms with Crippen molar-refractivity contribution in [2.75, 3.05) is 5.73 Å². The minimum absolute atomic E-state index is 0. The average molecular weight is 626 g/mol. The van der Waals surface area contributed by atoms with Gasteiger partial charge in [0.05, 0.1) is 22.2 Å². The Morgan fingerprint density at radius 2 is 1.18 bits per heavy atom. The van der Waals surface area contributed by atoms with Crippen LogP contribution in [0.3, 0.4) is 0 Å². The first-order valence-electron chi connectivity index (χ1n) is 14.8. The highest BCUT2D eigenvalue weighted by molar-refractivity contribution is 6.34. The van der Waals surface area contributed by atoms with Gasteiger partial charge in [-0.1, -0.05) is 31.2 Å². The second-order valence-corrected chi connectivity index (χ2v) is 11.6. The van der Waals surface area contributed by atoms with Crippen LogP contribution in [0.4, 0.5) is 5.82 Å². The fourth-order valence-corrected chi connectivity index (χ4v) is 6.15. The summed E-state index contributed by atoms with van der Waals surface area (Å²) in [7, 11) is 0. The number of nitrogen functional groups attached to an aromatic ring is 1. The van der Waals surface area contributed by atoms with Crippen LogP contribution >= 0.6 is 11.6 Å². The largest absolute Gasteiger partial charge is 0.383 e. The third-order valence-electron chi connectivity index (χ3n) is 8.72. The molecule has 0 spiro atoms. The van der Waals surface area contributed by atoms with Crippen molar-refractivity contribution < 1.29 is 10.2 Å². The maximum absolute atomic E-state index is 10.7. The highest BCUT2D eigenvalue weighted by atomic mass is 35.5. The summed E-state index contributed by atoms with van der Waals surface area (Å²) in [5.74, 6) is 0.396. The molecule has 2 atom stereocenters. The van der Waals surface area contributed by atoms with E-state index in [1.807, 2.05) is 36.7 Å². The SMILES string of the molecule is C.Nc1ncnc2c1c(C(O)c1ccccn1)cn2C1CCC1.OC(c1ccccn1)c1cn(C2CCC2)c2ncnc(Cl)c12. The number of aromatic nitrogens is 8. The first kappa shape index (κ1) is 30.6. The van der Waals surface area contributed by atoms with E-state index in [2.05, 4.69) is 39.0 Å². The second-order valence-electron chi connectivity index (χ2n) is 11.3. The van der Waals surface area contributed by atoms with Crippen molar-refractivity contribution in [3.8, 4) is 0 Å². The van der Waals surface area contributed by atoms with E-state index in [0.717, 1.165) is 47.9 Å². The minimum atomic E-state index is -0.839. The zero-order valence-electron chi connectivity index (χ0n) is 23.9. The van der Waals surface area contributed by atoms with Gasteiger partial charge >= 0.3 is 0 Å². The van der Waals surface area contributed by atoms with Crippen LogP contribution < -0.4 is 5.73 Å². The summed E-state index contributed by atoms with van der Waals surface area (Å²) in [6, 6.07) is 11.8. The monoisotopic (exact) mass is 625 g/mol. The molecule has 4 N–H and O–H groups in total. The van der Waals surface area contributed by atoms with E-state index in [0.29, 0.717) is 45.4 Å². The van der Waals surface area contributed by atoms with Gasteiger partial charge in [0.2, 0.25) is 0 Å². The Morgan fingerprint density at radius 1 is 0.689 bits per heavy atom. The highest BCUT2D eigenvalue weighted by Crippen LogP contribution is 2.40. The van der Waals surface area contributed by atoms with Gasteiger partial charge in [-0.05, 0) is 62.8 Å². The Bertz CT molecular complexity index is 1760. The normalized spacial score (nSPS) is 16.2. The number of anilines is 1. The lowest BCUT2D eigenvalue weighted by atomic mass is 9.93. The van der Waals surface area contributed by atoms with Crippen molar-refractivity contribution in [3.63, 3.8) is 0 Å². The maximum atomic E-state index is 10.7. The summed E-state index contributed by atoms with van der Waals surface area (Å²) in [5.41, 5.74) is 10.3. The summed E-state index contributed by atoms with van der Waals surface area (Å²) < 4.78 is 4.24. The van der Waals surface area contributed by atoms with E-state index >= 15 is 0 Å². The van der Waals surface area contributed by atoms with E-state index in [9.17, 15) is 10.2 Å². The molecule has 0 bridgehead atoms.